The van der Waals surface area contributed by atoms with Gasteiger partial charge >= 0.3 is 7.82 Å². The van der Waals surface area contributed by atoms with Crippen LogP contribution in [-0.4, -0.2) is 47.8 Å². The number of hydrogen-bond acceptors (Lipinski definition) is 6. The van der Waals surface area contributed by atoms with Crippen molar-refractivity contribution in [3.05, 3.63) is 85.1 Å². The summed E-state index contributed by atoms with van der Waals surface area (Å²) in [5.74, 6) is -0.226. The maximum absolute atomic E-state index is 12.8. The fraction of sp³-hybridized carbons (Fsp3) is 0.688. The van der Waals surface area contributed by atoms with Crippen molar-refractivity contribution in [2.24, 2.45) is 5.73 Å². The summed E-state index contributed by atoms with van der Waals surface area (Å²) in [7, 11) is -4.36. The number of aliphatic hydroxyl groups excluding tert-OH is 1. The van der Waals surface area contributed by atoms with Crippen LogP contribution in [0.25, 0.3) is 0 Å². The van der Waals surface area contributed by atoms with Gasteiger partial charge < -0.3 is 21.1 Å². The number of aliphatic hydroxyl groups is 1. The minimum absolute atomic E-state index is 0.0660. The Balaban J connectivity index is 4.30. The quantitative estimate of drug-likeness (QED) is 0.0274. The lowest BCUT2D eigenvalue weighted by atomic mass is 10.1. The van der Waals surface area contributed by atoms with Crippen LogP contribution in [-0.2, 0) is 18.4 Å². The second-order valence-corrected chi connectivity index (χ2v) is 16.3. The van der Waals surface area contributed by atoms with Crippen LogP contribution in [0.4, 0.5) is 0 Å². The van der Waals surface area contributed by atoms with E-state index in [1.54, 1.807) is 6.08 Å². The first kappa shape index (κ1) is 54.7. The van der Waals surface area contributed by atoms with Crippen LogP contribution in [0.5, 0.6) is 0 Å². The smallest absolute Gasteiger partial charge is 0.387 e. The summed E-state index contributed by atoms with van der Waals surface area (Å²) in [5.41, 5.74) is 5.37. The lowest BCUT2D eigenvalue weighted by molar-refractivity contribution is -0.123. The molecule has 1 amide bonds. The molecular weight excluding hydrogens is 732 g/mol. The SMILES string of the molecule is CC/C=C\C/C=C\C/C=C\C/C=C\C/C=C\CCCCCCCC(=O)NC(COP(=O)(O)OCCN)C(O)/C=C/CC/C=C/CCCCCCCCCCCCC. The molecule has 0 saturated carbocycles. The number of hydrogen-bond donors (Lipinski definition) is 4. The summed E-state index contributed by atoms with van der Waals surface area (Å²) in [6.45, 7) is 3.97. The van der Waals surface area contributed by atoms with Gasteiger partial charge in [-0.05, 0) is 77.0 Å². The van der Waals surface area contributed by atoms with Crippen molar-refractivity contribution in [1.29, 1.82) is 0 Å². The van der Waals surface area contributed by atoms with Crippen molar-refractivity contribution in [2.75, 3.05) is 19.8 Å². The molecule has 328 valence electrons. The van der Waals surface area contributed by atoms with E-state index in [1.807, 2.05) is 6.08 Å². The lowest BCUT2D eigenvalue weighted by Gasteiger charge is -2.23. The highest BCUT2D eigenvalue weighted by molar-refractivity contribution is 7.47. The van der Waals surface area contributed by atoms with Crippen molar-refractivity contribution in [3.8, 4) is 0 Å². The molecule has 0 fully saturated rings. The van der Waals surface area contributed by atoms with E-state index in [9.17, 15) is 19.4 Å². The van der Waals surface area contributed by atoms with Gasteiger partial charge in [-0.25, -0.2) is 4.57 Å². The maximum Gasteiger partial charge on any atom is 0.472 e. The van der Waals surface area contributed by atoms with Gasteiger partial charge in [0.15, 0.2) is 0 Å². The molecule has 0 radical (unpaired) electrons. The molecule has 0 aromatic rings. The van der Waals surface area contributed by atoms with Crippen LogP contribution in [0.15, 0.2) is 85.1 Å². The highest BCUT2D eigenvalue weighted by atomic mass is 31.2. The van der Waals surface area contributed by atoms with Gasteiger partial charge in [-0.1, -0.05) is 182 Å². The van der Waals surface area contributed by atoms with Crippen molar-refractivity contribution < 1.29 is 28.4 Å². The maximum atomic E-state index is 12.8. The Morgan fingerprint density at radius 2 is 1.04 bits per heavy atom. The monoisotopic (exact) mass is 817 g/mol. The molecule has 0 bridgehead atoms. The minimum Gasteiger partial charge on any atom is -0.387 e. The molecule has 9 heteroatoms. The van der Waals surface area contributed by atoms with Gasteiger partial charge in [0.2, 0.25) is 5.91 Å². The van der Waals surface area contributed by atoms with Gasteiger partial charge in [-0.15, -0.1) is 0 Å². The van der Waals surface area contributed by atoms with Gasteiger partial charge in [-0.2, -0.15) is 0 Å². The first-order chi connectivity index (χ1) is 27.9. The predicted molar refractivity (Wildman–Crippen MR) is 244 cm³/mol. The summed E-state index contributed by atoms with van der Waals surface area (Å²) in [4.78, 5) is 22.7. The lowest BCUT2D eigenvalue weighted by Crippen LogP contribution is -2.45. The Morgan fingerprint density at radius 3 is 1.56 bits per heavy atom. The van der Waals surface area contributed by atoms with E-state index in [-0.39, 0.29) is 25.7 Å². The van der Waals surface area contributed by atoms with Gasteiger partial charge in [0, 0.05) is 13.0 Å². The first-order valence-corrected chi connectivity index (χ1v) is 24.2. The second kappa shape index (κ2) is 43.3. The van der Waals surface area contributed by atoms with Crippen LogP contribution in [0.3, 0.4) is 0 Å². The Kier molecular flexibility index (Phi) is 41.5. The van der Waals surface area contributed by atoms with Crippen LogP contribution >= 0.6 is 7.82 Å². The van der Waals surface area contributed by atoms with E-state index in [0.717, 1.165) is 89.9 Å². The van der Waals surface area contributed by atoms with E-state index < -0.39 is 20.0 Å². The zero-order valence-electron chi connectivity index (χ0n) is 36.3. The molecule has 0 aliphatic heterocycles. The largest absolute Gasteiger partial charge is 0.472 e. The molecule has 3 atom stereocenters. The molecule has 57 heavy (non-hydrogen) atoms. The molecule has 0 spiro atoms. The number of amides is 1. The Morgan fingerprint density at radius 1 is 0.596 bits per heavy atom. The van der Waals surface area contributed by atoms with Crippen molar-refractivity contribution in [2.45, 2.75) is 193 Å². The number of carbonyl (C=O) groups excluding carboxylic acids is 1. The third kappa shape index (κ3) is 41.6. The third-order valence-corrected chi connectivity index (χ3v) is 10.4. The number of rotatable bonds is 41. The number of allylic oxidation sites excluding steroid dienone is 13. The highest BCUT2D eigenvalue weighted by Gasteiger charge is 2.26. The average Bonchev–Trinajstić information content (AvgIpc) is 3.20. The number of carbonyl (C=O) groups is 1. The third-order valence-electron chi connectivity index (χ3n) is 9.45. The van der Waals surface area contributed by atoms with Crippen molar-refractivity contribution in [3.63, 3.8) is 0 Å². The van der Waals surface area contributed by atoms with Crippen molar-refractivity contribution in [1.82, 2.24) is 5.32 Å². The van der Waals surface area contributed by atoms with Crippen molar-refractivity contribution >= 4 is 13.7 Å². The summed E-state index contributed by atoms with van der Waals surface area (Å²) in [6, 6.07) is -0.893. The van der Waals surface area contributed by atoms with Crippen LogP contribution < -0.4 is 11.1 Å². The molecule has 5 N–H and O–H groups in total. The molecule has 8 nitrogen and oxygen atoms in total. The normalized spacial score (nSPS) is 14.8. The van der Waals surface area contributed by atoms with E-state index >= 15 is 0 Å². The number of unbranched alkanes of at least 4 members (excludes halogenated alkanes) is 17. The molecule has 0 aliphatic rings. The molecule has 3 unspecified atom stereocenters. The molecule has 0 heterocycles. The topological polar surface area (TPSA) is 131 Å². The van der Waals surface area contributed by atoms with Gasteiger partial charge in [0.1, 0.15) is 0 Å². The van der Waals surface area contributed by atoms with Crippen LogP contribution in [0.2, 0.25) is 0 Å². The van der Waals surface area contributed by atoms with Gasteiger partial charge in [0.05, 0.1) is 25.4 Å². The van der Waals surface area contributed by atoms with Crippen LogP contribution in [0.1, 0.15) is 181 Å². The average molecular weight is 817 g/mol. The number of nitrogens with two attached hydrogens (primary N) is 1. The number of phosphoric ester groups is 1. The molecule has 0 saturated heterocycles. The molecule has 0 rings (SSSR count). The molecule has 0 aliphatic carbocycles. The summed E-state index contributed by atoms with van der Waals surface area (Å²) >= 11 is 0. The molecule has 0 aromatic carbocycles. The summed E-state index contributed by atoms with van der Waals surface area (Å²) < 4.78 is 22.1. The summed E-state index contributed by atoms with van der Waals surface area (Å²) in [6.07, 6.45) is 57.8. The molecular formula is C48H85N2O6P. The van der Waals surface area contributed by atoms with E-state index in [4.69, 9.17) is 14.8 Å². The Bertz CT molecular complexity index is 1160. The Hall–Kier alpha value is -2.32. The standard InChI is InChI=1S/C48H85N2O6P/c1-3-5-7-9-11-13-15-17-19-21-22-23-24-26-28-30-32-34-36-38-40-42-48(52)50-46(45-56-57(53,54)55-44-43-49)47(51)41-39-37-35-33-31-29-27-25-20-18-16-14-12-10-8-6-4-2/h5,7,11,13,17,19,22-23,26,28,31,33,39,41,46-47,51H,3-4,6,8-10,12,14-16,18,20-21,24-25,27,29-30,32,34-38,40,42-45,49H2,1-2H3,(H,50,52)(H,53,54)/b7-5-,13-11-,19-17-,23-22-,28-26-,33-31+,41-39+. The zero-order chi connectivity index (χ0) is 41.8. The fourth-order valence-corrected chi connectivity index (χ4v) is 6.82. The summed E-state index contributed by atoms with van der Waals surface area (Å²) in [5, 5.41) is 13.7. The Labute approximate surface area is 349 Å². The second-order valence-electron chi connectivity index (χ2n) is 14.9. The minimum atomic E-state index is -4.36. The number of nitrogens with one attached hydrogen (secondary N) is 1. The zero-order valence-corrected chi connectivity index (χ0v) is 37.2. The highest BCUT2D eigenvalue weighted by Crippen LogP contribution is 2.43. The van der Waals surface area contributed by atoms with Gasteiger partial charge in [-0.3, -0.25) is 13.8 Å². The van der Waals surface area contributed by atoms with E-state index in [0.29, 0.717) is 6.42 Å². The fourth-order valence-electron chi connectivity index (χ4n) is 6.06. The predicted octanol–water partition coefficient (Wildman–Crippen LogP) is 13.0. The van der Waals surface area contributed by atoms with E-state index in [2.05, 4.69) is 92.1 Å². The number of phosphoric acid groups is 1. The van der Waals surface area contributed by atoms with E-state index in [1.165, 1.54) is 70.6 Å². The molecule has 0 aromatic heterocycles. The van der Waals surface area contributed by atoms with Crippen LogP contribution in [0, 0.1) is 0 Å². The first-order valence-electron chi connectivity index (χ1n) is 22.7. The van der Waals surface area contributed by atoms with Gasteiger partial charge in [0.25, 0.3) is 0 Å².